The second-order valence-electron chi connectivity index (χ2n) is 5.21. The molecule has 6 nitrogen and oxygen atoms in total. The summed E-state index contributed by atoms with van der Waals surface area (Å²) in [6.07, 6.45) is 0. The number of benzene rings is 1. The Morgan fingerprint density at radius 2 is 1.90 bits per heavy atom. The monoisotopic (exact) mass is 286 g/mol. The molecule has 6 heteroatoms. The van der Waals surface area contributed by atoms with Gasteiger partial charge in [0.15, 0.2) is 0 Å². The smallest absolute Gasteiger partial charge is 0.270 e. The van der Waals surface area contributed by atoms with Crippen molar-refractivity contribution in [3.63, 3.8) is 0 Å². The number of carbonyl (C=O) groups is 2. The third-order valence-electron chi connectivity index (χ3n) is 3.24. The highest BCUT2D eigenvalue weighted by Gasteiger charge is 2.23. The predicted molar refractivity (Wildman–Crippen MR) is 81.4 cm³/mol. The second-order valence-corrected chi connectivity index (χ2v) is 5.21. The maximum absolute atomic E-state index is 12.2. The van der Waals surface area contributed by atoms with Crippen LogP contribution < -0.4 is 16.8 Å². The first-order chi connectivity index (χ1) is 9.90. The number of aromatic nitrogens is 1. The van der Waals surface area contributed by atoms with E-state index in [0.29, 0.717) is 11.2 Å². The van der Waals surface area contributed by atoms with Crippen LogP contribution in [0.3, 0.4) is 0 Å². The van der Waals surface area contributed by atoms with Crippen LogP contribution in [-0.4, -0.2) is 22.8 Å². The number of para-hydroxylation sites is 1. The van der Waals surface area contributed by atoms with Crippen molar-refractivity contribution in [2.24, 2.45) is 11.7 Å². The van der Waals surface area contributed by atoms with Gasteiger partial charge in [0.25, 0.3) is 5.91 Å². The fraction of sp³-hybridized carbons (Fsp3) is 0.267. The van der Waals surface area contributed by atoms with Crippen molar-refractivity contribution < 1.29 is 9.59 Å². The Hall–Kier alpha value is -2.63. The summed E-state index contributed by atoms with van der Waals surface area (Å²) in [5.74, 6) is -1.15. The van der Waals surface area contributed by atoms with Crippen molar-refractivity contribution in [1.82, 2.24) is 10.3 Å². The summed E-state index contributed by atoms with van der Waals surface area (Å²) in [5, 5.41) is 3.37. The third-order valence-corrected chi connectivity index (χ3v) is 3.24. The normalized spacial score (nSPS) is 12.3. The molecule has 110 valence electrons. The van der Waals surface area contributed by atoms with Crippen LogP contribution >= 0.6 is 0 Å². The first-order valence-corrected chi connectivity index (χ1v) is 6.65. The fourth-order valence-electron chi connectivity index (χ4n) is 2.10. The van der Waals surface area contributed by atoms with Crippen molar-refractivity contribution in [3.8, 4) is 0 Å². The molecule has 1 unspecified atom stereocenters. The van der Waals surface area contributed by atoms with E-state index in [4.69, 9.17) is 11.5 Å². The minimum absolute atomic E-state index is 0.107. The predicted octanol–water partition coefficient (Wildman–Crippen LogP) is 1.06. The summed E-state index contributed by atoms with van der Waals surface area (Å²) < 4.78 is 0. The number of anilines is 1. The zero-order chi connectivity index (χ0) is 15.6. The van der Waals surface area contributed by atoms with Gasteiger partial charge in [-0.1, -0.05) is 32.0 Å². The molecule has 0 saturated heterocycles. The zero-order valence-corrected chi connectivity index (χ0v) is 12.0. The van der Waals surface area contributed by atoms with Gasteiger partial charge in [0.05, 0.1) is 5.52 Å². The first-order valence-electron chi connectivity index (χ1n) is 6.65. The van der Waals surface area contributed by atoms with Gasteiger partial charge < -0.3 is 16.8 Å². The molecule has 0 aliphatic carbocycles. The van der Waals surface area contributed by atoms with Gasteiger partial charge in [0, 0.05) is 11.1 Å². The summed E-state index contributed by atoms with van der Waals surface area (Å²) in [7, 11) is 0. The number of rotatable bonds is 4. The number of hydrogen-bond acceptors (Lipinski definition) is 4. The Labute approximate surface area is 122 Å². The van der Waals surface area contributed by atoms with Crippen LogP contribution in [0.5, 0.6) is 0 Å². The fourth-order valence-corrected chi connectivity index (χ4v) is 2.10. The Morgan fingerprint density at radius 1 is 1.24 bits per heavy atom. The van der Waals surface area contributed by atoms with Gasteiger partial charge in [0.2, 0.25) is 5.91 Å². The summed E-state index contributed by atoms with van der Waals surface area (Å²) in [6, 6.07) is 8.03. The zero-order valence-electron chi connectivity index (χ0n) is 12.0. The quantitative estimate of drug-likeness (QED) is 0.780. The number of carbonyl (C=O) groups excluding carboxylic acids is 2. The van der Waals surface area contributed by atoms with Gasteiger partial charge in [-0.05, 0) is 18.1 Å². The third kappa shape index (κ3) is 3.10. The van der Waals surface area contributed by atoms with E-state index in [2.05, 4.69) is 10.3 Å². The highest BCUT2D eigenvalue weighted by Crippen LogP contribution is 2.20. The van der Waals surface area contributed by atoms with Gasteiger partial charge in [-0.25, -0.2) is 4.98 Å². The van der Waals surface area contributed by atoms with Crippen LogP contribution in [0.25, 0.3) is 10.9 Å². The molecule has 0 aliphatic rings. The molecule has 1 aromatic heterocycles. The maximum Gasteiger partial charge on any atom is 0.270 e. The lowest BCUT2D eigenvalue weighted by Gasteiger charge is -2.18. The SMILES string of the molecule is CC(C)C(NC(=O)c1cc(N)c2ccccc2n1)C(N)=O. The van der Waals surface area contributed by atoms with E-state index >= 15 is 0 Å². The number of nitrogens with one attached hydrogen (secondary N) is 1. The number of hydrogen-bond donors (Lipinski definition) is 3. The highest BCUT2D eigenvalue weighted by molar-refractivity contribution is 6.00. The Bertz CT molecular complexity index is 697. The van der Waals surface area contributed by atoms with E-state index in [1.807, 2.05) is 18.2 Å². The minimum Gasteiger partial charge on any atom is -0.398 e. The van der Waals surface area contributed by atoms with Crippen LogP contribution in [0, 0.1) is 5.92 Å². The molecule has 0 fully saturated rings. The van der Waals surface area contributed by atoms with E-state index in [1.54, 1.807) is 19.9 Å². The first kappa shape index (κ1) is 14.8. The number of nitrogens with two attached hydrogens (primary N) is 2. The largest absolute Gasteiger partial charge is 0.398 e. The molecule has 1 aromatic carbocycles. The van der Waals surface area contributed by atoms with E-state index in [1.165, 1.54) is 6.07 Å². The van der Waals surface area contributed by atoms with Crippen molar-refractivity contribution >= 4 is 28.4 Å². The maximum atomic E-state index is 12.2. The van der Waals surface area contributed by atoms with Crippen LogP contribution in [0.2, 0.25) is 0 Å². The molecule has 1 atom stereocenters. The van der Waals surface area contributed by atoms with Crippen molar-refractivity contribution in [3.05, 3.63) is 36.0 Å². The minimum atomic E-state index is -0.744. The topological polar surface area (TPSA) is 111 Å². The second kappa shape index (κ2) is 5.78. The molecule has 2 rings (SSSR count). The number of primary amides is 1. The standard InChI is InChI=1S/C15H18N4O2/c1-8(2)13(14(17)20)19-15(21)12-7-10(16)9-5-3-4-6-11(9)18-12/h3-8,13H,1-2H3,(H2,16,18)(H2,17,20)(H,19,21). The van der Waals surface area contributed by atoms with Crippen molar-refractivity contribution in [2.75, 3.05) is 5.73 Å². The van der Waals surface area contributed by atoms with E-state index in [-0.39, 0.29) is 11.6 Å². The Balaban J connectivity index is 2.33. The number of pyridine rings is 1. The lowest BCUT2D eigenvalue weighted by Crippen LogP contribution is -2.47. The van der Waals surface area contributed by atoms with Crippen molar-refractivity contribution in [2.45, 2.75) is 19.9 Å². The van der Waals surface area contributed by atoms with Gasteiger partial charge in [-0.15, -0.1) is 0 Å². The van der Waals surface area contributed by atoms with Crippen LogP contribution in [0.4, 0.5) is 5.69 Å². The summed E-state index contributed by atoms with van der Waals surface area (Å²) >= 11 is 0. The average molecular weight is 286 g/mol. The summed E-state index contributed by atoms with van der Waals surface area (Å²) in [5.41, 5.74) is 12.5. The van der Waals surface area contributed by atoms with Gasteiger partial charge in [0.1, 0.15) is 11.7 Å². The van der Waals surface area contributed by atoms with Crippen LogP contribution in [0.15, 0.2) is 30.3 Å². The molecule has 2 aromatic rings. The molecule has 0 spiro atoms. The number of amides is 2. The lowest BCUT2D eigenvalue weighted by molar-refractivity contribution is -0.120. The van der Waals surface area contributed by atoms with Crippen molar-refractivity contribution in [1.29, 1.82) is 0 Å². The van der Waals surface area contributed by atoms with E-state index < -0.39 is 17.9 Å². The van der Waals surface area contributed by atoms with E-state index in [0.717, 1.165) is 5.39 Å². The molecule has 0 bridgehead atoms. The number of nitrogen functional groups attached to an aromatic ring is 1. The Morgan fingerprint density at radius 3 is 2.52 bits per heavy atom. The number of fused-ring (bicyclic) bond motifs is 1. The molecule has 0 radical (unpaired) electrons. The summed E-state index contributed by atoms with van der Waals surface area (Å²) in [6.45, 7) is 3.61. The molecule has 0 saturated carbocycles. The lowest BCUT2D eigenvalue weighted by atomic mass is 10.0. The van der Waals surface area contributed by atoms with Gasteiger partial charge in [-0.2, -0.15) is 0 Å². The molecule has 5 N–H and O–H groups in total. The van der Waals surface area contributed by atoms with E-state index in [9.17, 15) is 9.59 Å². The molecular formula is C15H18N4O2. The highest BCUT2D eigenvalue weighted by atomic mass is 16.2. The molecular weight excluding hydrogens is 268 g/mol. The molecule has 2 amide bonds. The van der Waals surface area contributed by atoms with Crippen LogP contribution in [-0.2, 0) is 4.79 Å². The summed E-state index contributed by atoms with van der Waals surface area (Å²) in [4.78, 5) is 27.8. The Kier molecular flexibility index (Phi) is 4.07. The van der Waals surface area contributed by atoms with Crippen LogP contribution in [0.1, 0.15) is 24.3 Å². The van der Waals surface area contributed by atoms with Gasteiger partial charge >= 0.3 is 0 Å². The van der Waals surface area contributed by atoms with Gasteiger partial charge in [-0.3, -0.25) is 9.59 Å². The number of nitrogens with zero attached hydrogens (tertiary/aromatic N) is 1. The molecule has 0 aliphatic heterocycles. The average Bonchev–Trinajstić information content (AvgIpc) is 2.43. The molecule has 1 heterocycles. The molecule has 21 heavy (non-hydrogen) atoms.